The van der Waals surface area contributed by atoms with Crippen molar-refractivity contribution in [3.05, 3.63) is 78.5 Å². The molecule has 0 aliphatic rings. The first-order chi connectivity index (χ1) is 12.6. The van der Waals surface area contributed by atoms with Gasteiger partial charge in [0.1, 0.15) is 5.82 Å². The number of nitrogens with two attached hydrogens (primary N) is 1. The van der Waals surface area contributed by atoms with Crippen LogP contribution in [-0.4, -0.2) is 15.0 Å². The number of hydrogen-bond acceptors (Lipinski definition) is 4. The Morgan fingerprint density at radius 2 is 1.54 bits per heavy atom. The van der Waals surface area contributed by atoms with Gasteiger partial charge in [0.25, 0.3) is 0 Å². The van der Waals surface area contributed by atoms with Crippen molar-refractivity contribution in [2.24, 2.45) is 5.73 Å². The van der Waals surface area contributed by atoms with Gasteiger partial charge in [-0.05, 0) is 49.4 Å². The molecule has 0 aliphatic heterocycles. The molecule has 4 nitrogen and oxygen atoms in total. The van der Waals surface area contributed by atoms with Gasteiger partial charge in [0, 0.05) is 34.9 Å². The van der Waals surface area contributed by atoms with Gasteiger partial charge in [0.15, 0.2) is 0 Å². The van der Waals surface area contributed by atoms with Crippen molar-refractivity contribution < 1.29 is 4.39 Å². The van der Waals surface area contributed by atoms with E-state index in [2.05, 4.69) is 9.97 Å². The van der Waals surface area contributed by atoms with E-state index in [4.69, 9.17) is 10.7 Å². The van der Waals surface area contributed by atoms with Gasteiger partial charge in [-0.3, -0.25) is 15.0 Å². The second-order valence-electron chi connectivity index (χ2n) is 6.13. The Bertz CT molecular complexity index is 1060. The third-order valence-electron chi connectivity index (χ3n) is 4.25. The standard InChI is InChI=1S/C21H17FN4/c1-13(23)21-20(18-7-3-5-11-25-18)19(17-6-2-4-10-24-17)15-12-14(22)8-9-16(15)26-21/h2-13H,23H2,1H3. The maximum Gasteiger partial charge on any atom is 0.123 e. The number of rotatable bonds is 3. The van der Waals surface area contributed by atoms with Gasteiger partial charge in [-0.1, -0.05) is 12.1 Å². The van der Waals surface area contributed by atoms with Crippen molar-refractivity contribution >= 4 is 10.9 Å². The molecule has 4 aromatic rings. The van der Waals surface area contributed by atoms with Crippen molar-refractivity contribution in [1.82, 2.24) is 15.0 Å². The van der Waals surface area contributed by atoms with Gasteiger partial charge in [0.2, 0.25) is 0 Å². The summed E-state index contributed by atoms with van der Waals surface area (Å²) in [6.45, 7) is 1.88. The molecule has 0 saturated heterocycles. The zero-order valence-electron chi connectivity index (χ0n) is 14.2. The molecule has 0 amide bonds. The summed E-state index contributed by atoms with van der Waals surface area (Å²) in [5.41, 5.74) is 10.7. The third kappa shape index (κ3) is 2.82. The van der Waals surface area contributed by atoms with E-state index in [1.807, 2.05) is 43.3 Å². The monoisotopic (exact) mass is 344 g/mol. The molecule has 1 aromatic carbocycles. The van der Waals surface area contributed by atoms with Gasteiger partial charge < -0.3 is 5.73 Å². The van der Waals surface area contributed by atoms with E-state index >= 15 is 0 Å². The Balaban J connectivity index is 2.20. The fraction of sp³-hybridized carbons (Fsp3) is 0.0952. The van der Waals surface area contributed by atoms with Crippen LogP contribution in [0.25, 0.3) is 33.4 Å². The molecule has 26 heavy (non-hydrogen) atoms. The van der Waals surface area contributed by atoms with E-state index in [-0.39, 0.29) is 11.9 Å². The lowest BCUT2D eigenvalue weighted by Crippen LogP contribution is -2.11. The highest BCUT2D eigenvalue weighted by molar-refractivity contribution is 6.02. The lowest BCUT2D eigenvalue weighted by molar-refractivity contribution is 0.629. The molecule has 1 atom stereocenters. The molecule has 0 bridgehead atoms. The van der Waals surface area contributed by atoms with Crippen LogP contribution in [-0.2, 0) is 0 Å². The van der Waals surface area contributed by atoms with Crippen molar-refractivity contribution in [3.63, 3.8) is 0 Å². The van der Waals surface area contributed by atoms with E-state index in [9.17, 15) is 4.39 Å². The number of aromatic nitrogens is 3. The lowest BCUT2D eigenvalue weighted by Gasteiger charge is -2.18. The summed E-state index contributed by atoms with van der Waals surface area (Å²) in [7, 11) is 0. The van der Waals surface area contributed by atoms with Crippen molar-refractivity contribution in [3.8, 4) is 22.5 Å². The molecule has 0 radical (unpaired) electrons. The number of fused-ring (bicyclic) bond motifs is 1. The zero-order chi connectivity index (χ0) is 18.1. The second-order valence-corrected chi connectivity index (χ2v) is 6.13. The molecule has 128 valence electrons. The van der Waals surface area contributed by atoms with Gasteiger partial charge in [-0.25, -0.2) is 4.39 Å². The van der Waals surface area contributed by atoms with E-state index in [0.717, 1.165) is 22.5 Å². The molecule has 3 heterocycles. The third-order valence-corrected chi connectivity index (χ3v) is 4.25. The van der Waals surface area contributed by atoms with Crippen LogP contribution in [0.5, 0.6) is 0 Å². The second kappa shape index (κ2) is 6.61. The summed E-state index contributed by atoms with van der Waals surface area (Å²) in [4.78, 5) is 13.7. The predicted octanol–water partition coefficient (Wildman–Crippen LogP) is 4.52. The number of halogens is 1. The van der Waals surface area contributed by atoms with Crippen LogP contribution in [0, 0.1) is 5.82 Å². The van der Waals surface area contributed by atoms with Crippen molar-refractivity contribution in [1.29, 1.82) is 0 Å². The number of benzene rings is 1. The highest BCUT2D eigenvalue weighted by Crippen LogP contribution is 2.39. The Morgan fingerprint density at radius 3 is 2.12 bits per heavy atom. The normalized spacial score (nSPS) is 12.3. The topological polar surface area (TPSA) is 64.7 Å². The summed E-state index contributed by atoms with van der Waals surface area (Å²) >= 11 is 0. The Morgan fingerprint density at radius 1 is 0.885 bits per heavy atom. The summed E-state index contributed by atoms with van der Waals surface area (Å²) in [5, 5.41) is 0.689. The van der Waals surface area contributed by atoms with E-state index in [1.54, 1.807) is 18.5 Å². The van der Waals surface area contributed by atoms with Gasteiger partial charge in [-0.15, -0.1) is 0 Å². The Hall–Kier alpha value is -3.18. The highest BCUT2D eigenvalue weighted by Gasteiger charge is 2.21. The van der Waals surface area contributed by atoms with E-state index in [0.29, 0.717) is 16.6 Å². The summed E-state index contributed by atoms with van der Waals surface area (Å²) in [6, 6.07) is 15.6. The largest absolute Gasteiger partial charge is 0.323 e. The Kier molecular flexibility index (Phi) is 4.14. The van der Waals surface area contributed by atoms with Gasteiger partial charge >= 0.3 is 0 Å². The molecule has 3 aromatic heterocycles. The first-order valence-electron chi connectivity index (χ1n) is 8.36. The Labute approximate surface area is 150 Å². The minimum absolute atomic E-state index is 0.316. The maximum absolute atomic E-state index is 14.0. The smallest absolute Gasteiger partial charge is 0.123 e. The first kappa shape index (κ1) is 16.3. The van der Waals surface area contributed by atoms with Crippen LogP contribution in [0.3, 0.4) is 0 Å². The minimum Gasteiger partial charge on any atom is -0.323 e. The summed E-state index contributed by atoms with van der Waals surface area (Å²) in [6.07, 6.45) is 3.44. The molecular weight excluding hydrogens is 327 g/mol. The maximum atomic E-state index is 14.0. The van der Waals surface area contributed by atoms with Crippen LogP contribution in [0.4, 0.5) is 4.39 Å². The van der Waals surface area contributed by atoms with Crippen LogP contribution in [0.1, 0.15) is 18.7 Å². The highest BCUT2D eigenvalue weighted by atomic mass is 19.1. The molecule has 0 fully saturated rings. The van der Waals surface area contributed by atoms with Crippen LogP contribution < -0.4 is 5.73 Å². The SMILES string of the molecule is CC(N)c1nc2ccc(F)cc2c(-c2ccccn2)c1-c1ccccn1. The molecule has 2 N–H and O–H groups in total. The quantitative estimate of drug-likeness (QED) is 0.593. The zero-order valence-corrected chi connectivity index (χ0v) is 14.2. The predicted molar refractivity (Wildman–Crippen MR) is 101 cm³/mol. The average Bonchev–Trinajstić information content (AvgIpc) is 2.67. The van der Waals surface area contributed by atoms with Crippen molar-refractivity contribution in [2.45, 2.75) is 13.0 Å². The average molecular weight is 344 g/mol. The molecule has 0 saturated carbocycles. The number of pyridine rings is 3. The summed E-state index contributed by atoms with van der Waals surface area (Å²) < 4.78 is 14.0. The molecule has 0 spiro atoms. The fourth-order valence-electron chi connectivity index (χ4n) is 3.13. The molecular formula is C21H17FN4. The minimum atomic E-state index is -0.322. The van der Waals surface area contributed by atoms with Gasteiger partial charge in [-0.2, -0.15) is 0 Å². The van der Waals surface area contributed by atoms with Crippen LogP contribution >= 0.6 is 0 Å². The molecule has 4 rings (SSSR count). The van der Waals surface area contributed by atoms with Crippen molar-refractivity contribution in [2.75, 3.05) is 0 Å². The molecule has 5 heteroatoms. The summed E-state index contributed by atoms with van der Waals surface area (Å²) in [5.74, 6) is -0.322. The van der Waals surface area contributed by atoms with E-state index < -0.39 is 0 Å². The van der Waals surface area contributed by atoms with Crippen LogP contribution in [0.2, 0.25) is 0 Å². The molecule has 1 unspecified atom stereocenters. The fourth-order valence-corrected chi connectivity index (χ4v) is 3.13. The first-order valence-corrected chi connectivity index (χ1v) is 8.36. The van der Waals surface area contributed by atoms with Crippen LogP contribution in [0.15, 0.2) is 67.0 Å². The number of hydrogen-bond donors (Lipinski definition) is 1. The number of nitrogens with zero attached hydrogens (tertiary/aromatic N) is 3. The van der Waals surface area contributed by atoms with Gasteiger partial charge in [0.05, 0.1) is 22.6 Å². The lowest BCUT2D eigenvalue weighted by atomic mass is 9.92. The molecule has 0 aliphatic carbocycles. The van der Waals surface area contributed by atoms with E-state index in [1.165, 1.54) is 12.1 Å².